The lowest BCUT2D eigenvalue weighted by molar-refractivity contribution is 0.102. The molecule has 1 atom stereocenters. The number of carbonyl (C=O) groups is 1. The zero-order valence-electron chi connectivity index (χ0n) is 19.6. The molecule has 1 fully saturated rings. The molecule has 1 aliphatic rings. The zero-order chi connectivity index (χ0) is 25.9. The van der Waals surface area contributed by atoms with E-state index in [0.717, 1.165) is 40.6 Å². The van der Waals surface area contributed by atoms with E-state index >= 15 is 0 Å². The quantitative estimate of drug-likeness (QED) is 0.386. The molecular weight excluding hydrogens is 568 g/mol. The largest absolute Gasteiger partial charge is 0.489 e. The molecule has 0 unspecified atom stereocenters. The number of aliphatic hydroxyl groups excluding tert-OH is 1. The number of rotatable bonds is 8. The van der Waals surface area contributed by atoms with Gasteiger partial charge in [-0.25, -0.2) is 8.42 Å². The van der Waals surface area contributed by atoms with Gasteiger partial charge in [0.25, 0.3) is 5.91 Å². The summed E-state index contributed by atoms with van der Waals surface area (Å²) in [5.41, 5.74) is 2.62. The number of sulfone groups is 1. The third kappa shape index (κ3) is 6.86. The first-order valence-electron chi connectivity index (χ1n) is 11.3. The van der Waals surface area contributed by atoms with Gasteiger partial charge in [0.2, 0.25) is 0 Å². The number of aliphatic hydroxyl groups is 1. The van der Waals surface area contributed by atoms with Crippen molar-refractivity contribution in [3.63, 3.8) is 0 Å². The molecule has 0 bridgehead atoms. The van der Waals surface area contributed by atoms with Crippen LogP contribution < -0.4 is 10.1 Å². The number of halogens is 2. The molecule has 0 spiro atoms. The molecule has 2 N–H and O–H groups in total. The Kier molecular flexibility index (Phi) is 8.37. The molecule has 1 amide bonds. The predicted octanol–water partition coefficient (Wildman–Crippen LogP) is 4.90. The highest BCUT2D eigenvalue weighted by molar-refractivity contribution is 9.10. The number of hydrogen-bond acceptors (Lipinski definition) is 6. The van der Waals surface area contributed by atoms with E-state index in [-0.39, 0.29) is 21.6 Å². The van der Waals surface area contributed by atoms with Gasteiger partial charge in [-0.2, -0.15) is 0 Å². The third-order valence-electron chi connectivity index (χ3n) is 5.86. The average Bonchev–Trinajstić information content (AvgIpc) is 3.22. The molecule has 10 heteroatoms. The van der Waals surface area contributed by atoms with Crippen LogP contribution in [0.3, 0.4) is 0 Å². The van der Waals surface area contributed by atoms with Crippen LogP contribution in [0.4, 0.5) is 5.69 Å². The van der Waals surface area contributed by atoms with Gasteiger partial charge < -0.3 is 15.2 Å². The second-order valence-corrected chi connectivity index (χ2v) is 12.1. The average molecular weight is 594 g/mol. The molecule has 0 saturated carbocycles. The summed E-state index contributed by atoms with van der Waals surface area (Å²) in [4.78, 5) is 15.0. The van der Waals surface area contributed by atoms with E-state index in [1.54, 1.807) is 6.07 Å². The summed E-state index contributed by atoms with van der Waals surface area (Å²) < 4.78 is 30.5. The molecule has 3 aromatic rings. The van der Waals surface area contributed by atoms with E-state index in [9.17, 15) is 18.3 Å². The summed E-state index contributed by atoms with van der Waals surface area (Å²) in [5.74, 6) is 0.313. The Morgan fingerprint density at radius 1 is 1.19 bits per heavy atom. The first-order chi connectivity index (χ1) is 17.1. The van der Waals surface area contributed by atoms with Crippen LogP contribution in [0.25, 0.3) is 0 Å². The van der Waals surface area contributed by atoms with Crippen LogP contribution in [-0.2, 0) is 23.0 Å². The molecule has 0 radical (unpaired) electrons. The van der Waals surface area contributed by atoms with Gasteiger partial charge in [0.1, 0.15) is 12.4 Å². The SMILES string of the molecule is CS(=O)(=O)c1ccc(C(=O)Nc2cccc(COc3ccc(Br)cc3CN3CC[C@@H](O)C3)c2)c(Cl)c1. The van der Waals surface area contributed by atoms with Crippen molar-refractivity contribution in [2.24, 2.45) is 0 Å². The number of β-amino-alcohol motifs (C(OH)–C–C–N with tert-alkyl or cyclic N) is 1. The Hall–Kier alpha value is -2.43. The Morgan fingerprint density at radius 3 is 2.69 bits per heavy atom. The highest BCUT2D eigenvalue weighted by Gasteiger charge is 2.21. The number of amides is 1. The molecule has 36 heavy (non-hydrogen) atoms. The topological polar surface area (TPSA) is 95.9 Å². The van der Waals surface area contributed by atoms with E-state index in [4.69, 9.17) is 16.3 Å². The molecule has 0 aromatic heterocycles. The van der Waals surface area contributed by atoms with Crippen LogP contribution in [0.1, 0.15) is 27.9 Å². The number of likely N-dealkylation sites (tertiary alicyclic amines) is 1. The van der Waals surface area contributed by atoms with Crippen molar-refractivity contribution < 1.29 is 23.1 Å². The minimum absolute atomic E-state index is 0.0522. The number of benzene rings is 3. The van der Waals surface area contributed by atoms with Crippen molar-refractivity contribution in [3.05, 3.63) is 86.8 Å². The number of nitrogens with zero attached hydrogens (tertiary/aromatic N) is 1. The summed E-state index contributed by atoms with van der Waals surface area (Å²) in [6, 6.07) is 17.2. The highest BCUT2D eigenvalue weighted by atomic mass is 79.9. The van der Waals surface area contributed by atoms with Gasteiger partial charge in [-0.3, -0.25) is 9.69 Å². The van der Waals surface area contributed by atoms with Crippen LogP contribution >= 0.6 is 27.5 Å². The molecule has 1 heterocycles. The number of hydrogen-bond donors (Lipinski definition) is 2. The number of nitrogens with one attached hydrogen (secondary N) is 1. The normalized spacial score (nSPS) is 16.2. The van der Waals surface area contributed by atoms with Crippen molar-refractivity contribution in [2.75, 3.05) is 24.7 Å². The summed E-state index contributed by atoms with van der Waals surface area (Å²) >= 11 is 9.70. The van der Waals surface area contributed by atoms with Gasteiger partial charge in [0.15, 0.2) is 9.84 Å². The maximum absolute atomic E-state index is 12.7. The van der Waals surface area contributed by atoms with Crippen molar-refractivity contribution in [3.8, 4) is 5.75 Å². The molecule has 190 valence electrons. The Labute approximate surface area is 224 Å². The molecule has 4 rings (SSSR count). The molecule has 0 aliphatic carbocycles. The monoisotopic (exact) mass is 592 g/mol. The number of anilines is 1. The Balaban J connectivity index is 1.43. The van der Waals surface area contributed by atoms with Gasteiger partial charge in [0, 0.05) is 41.6 Å². The van der Waals surface area contributed by atoms with E-state index in [1.807, 2.05) is 36.4 Å². The predicted molar refractivity (Wildman–Crippen MR) is 143 cm³/mol. The van der Waals surface area contributed by atoms with Crippen LogP contribution in [0.15, 0.2) is 70.0 Å². The molecule has 3 aromatic carbocycles. The lowest BCUT2D eigenvalue weighted by atomic mass is 10.1. The van der Waals surface area contributed by atoms with Crippen LogP contribution in [-0.4, -0.2) is 49.8 Å². The maximum Gasteiger partial charge on any atom is 0.257 e. The van der Waals surface area contributed by atoms with Crippen molar-refractivity contribution >= 4 is 49.0 Å². The van der Waals surface area contributed by atoms with Gasteiger partial charge in [-0.15, -0.1) is 0 Å². The summed E-state index contributed by atoms with van der Waals surface area (Å²) in [7, 11) is -3.42. The van der Waals surface area contributed by atoms with E-state index < -0.39 is 15.7 Å². The molecule has 7 nitrogen and oxygen atoms in total. The van der Waals surface area contributed by atoms with E-state index in [0.29, 0.717) is 25.4 Å². The fraction of sp³-hybridized carbons (Fsp3) is 0.269. The van der Waals surface area contributed by atoms with Crippen molar-refractivity contribution in [1.29, 1.82) is 0 Å². The number of ether oxygens (including phenoxy) is 1. The van der Waals surface area contributed by atoms with Crippen molar-refractivity contribution in [2.45, 2.75) is 30.6 Å². The minimum Gasteiger partial charge on any atom is -0.489 e. The Morgan fingerprint density at radius 2 is 2.00 bits per heavy atom. The molecule has 1 saturated heterocycles. The van der Waals surface area contributed by atoms with Gasteiger partial charge in [0.05, 0.1) is 21.6 Å². The van der Waals surface area contributed by atoms with Gasteiger partial charge in [-0.05, 0) is 60.5 Å². The van der Waals surface area contributed by atoms with Crippen LogP contribution in [0.2, 0.25) is 5.02 Å². The second-order valence-electron chi connectivity index (χ2n) is 8.79. The minimum atomic E-state index is -3.42. The van der Waals surface area contributed by atoms with E-state index in [1.165, 1.54) is 18.2 Å². The van der Waals surface area contributed by atoms with Crippen LogP contribution in [0.5, 0.6) is 5.75 Å². The highest BCUT2D eigenvalue weighted by Crippen LogP contribution is 2.27. The fourth-order valence-corrected chi connectivity index (χ4v) is 5.40. The van der Waals surface area contributed by atoms with Gasteiger partial charge in [-0.1, -0.05) is 39.7 Å². The summed E-state index contributed by atoms with van der Waals surface area (Å²) in [5, 5.41) is 12.7. The first kappa shape index (κ1) is 26.6. The molecular formula is C26H26BrClN2O5S. The number of carbonyl (C=O) groups excluding carboxylic acids is 1. The second kappa shape index (κ2) is 11.3. The fourth-order valence-electron chi connectivity index (χ4n) is 4.02. The van der Waals surface area contributed by atoms with E-state index in [2.05, 4.69) is 26.1 Å². The third-order valence-corrected chi connectivity index (χ3v) is 7.77. The van der Waals surface area contributed by atoms with Crippen molar-refractivity contribution in [1.82, 2.24) is 4.90 Å². The zero-order valence-corrected chi connectivity index (χ0v) is 22.7. The molecule has 1 aliphatic heterocycles. The Bertz CT molecular complexity index is 1380. The standard InChI is InChI=1S/C26H26BrClN2O5S/c1-36(33,34)22-6-7-23(24(28)13-22)26(32)29-20-4-2-3-17(11-20)16-35-25-8-5-19(27)12-18(25)14-30-10-9-21(31)15-30/h2-8,11-13,21,31H,9-10,14-16H2,1H3,(H,29,32)/t21-/m1/s1. The summed E-state index contributed by atoms with van der Waals surface area (Å²) in [6.07, 6.45) is 1.57. The first-order valence-corrected chi connectivity index (χ1v) is 14.4. The smallest absolute Gasteiger partial charge is 0.257 e. The lowest BCUT2D eigenvalue weighted by Crippen LogP contribution is -2.21. The maximum atomic E-state index is 12.7. The lowest BCUT2D eigenvalue weighted by Gasteiger charge is -2.18. The van der Waals surface area contributed by atoms with Gasteiger partial charge >= 0.3 is 0 Å². The van der Waals surface area contributed by atoms with Crippen LogP contribution in [0, 0.1) is 0 Å². The summed E-state index contributed by atoms with van der Waals surface area (Å²) in [6.45, 7) is 2.47.